The Hall–Kier alpha value is -1.01. The van der Waals surface area contributed by atoms with E-state index in [0.717, 1.165) is 10.8 Å². The summed E-state index contributed by atoms with van der Waals surface area (Å²) in [6, 6.07) is 0.0509. The van der Waals surface area contributed by atoms with Gasteiger partial charge in [-0.25, -0.2) is 4.98 Å². The molecule has 1 atom stereocenters. The van der Waals surface area contributed by atoms with Crippen LogP contribution in [-0.4, -0.2) is 11.0 Å². The zero-order chi connectivity index (χ0) is 9.14. The summed E-state index contributed by atoms with van der Waals surface area (Å²) in [4.78, 5) is 5.55. The third kappa shape index (κ3) is 1.99. The highest BCUT2D eigenvalue weighted by molar-refractivity contribution is 7.15. The highest BCUT2D eigenvalue weighted by Crippen LogP contribution is 2.21. The van der Waals surface area contributed by atoms with Crippen LogP contribution in [0.3, 0.4) is 0 Å². The standard InChI is InChI=1S/C9H12N2S/c1-5-6(2)10-9-11-7(3)8(4)12-9/h1,6H,2-4H3,(H,10,11). The number of thiazole rings is 1. The van der Waals surface area contributed by atoms with Gasteiger partial charge in [-0.1, -0.05) is 5.92 Å². The molecule has 1 unspecified atom stereocenters. The van der Waals surface area contributed by atoms with E-state index in [1.165, 1.54) is 4.88 Å². The van der Waals surface area contributed by atoms with Crippen LogP contribution in [0.15, 0.2) is 0 Å². The zero-order valence-corrected chi connectivity index (χ0v) is 8.33. The minimum absolute atomic E-state index is 0.0509. The Bertz CT molecular complexity index is 289. The Morgan fingerprint density at radius 3 is 2.67 bits per heavy atom. The number of nitrogens with one attached hydrogen (secondary N) is 1. The second kappa shape index (κ2) is 3.59. The molecule has 3 heteroatoms. The summed E-state index contributed by atoms with van der Waals surface area (Å²) >= 11 is 1.64. The van der Waals surface area contributed by atoms with Crippen molar-refractivity contribution in [3.63, 3.8) is 0 Å². The Morgan fingerprint density at radius 1 is 1.58 bits per heavy atom. The van der Waals surface area contributed by atoms with E-state index in [1.54, 1.807) is 11.3 Å². The lowest BCUT2D eigenvalue weighted by atomic mass is 10.4. The highest BCUT2D eigenvalue weighted by atomic mass is 32.1. The van der Waals surface area contributed by atoms with Crippen molar-refractivity contribution in [2.75, 3.05) is 5.32 Å². The summed E-state index contributed by atoms with van der Waals surface area (Å²) < 4.78 is 0. The molecular formula is C9H12N2S. The molecule has 64 valence electrons. The van der Waals surface area contributed by atoms with Crippen molar-refractivity contribution in [1.82, 2.24) is 4.98 Å². The highest BCUT2D eigenvalue weighted by Gasteiger charge is 2.04. The predicted octanol–water partition coefficient (Wildman–Crippen LogP) is 2.19. The van der Waals surface area contributed by atoms with Crippen LogP contribution in [0.1, 0.15) is 17.5 Å². The van der Waals surface area contributed by atoms with Gasteiger partial charge in [0.25, 0.3) is 0 Å². The van der Waals surface area contributed by atoms with E-state index in [-0.39, 0.29) is 6.04 Å². The van der Waals surface area contributed by atoms with Gasteiger partial charge in [0.05, 0.1) is 11.7 Å². The number of hydrogen-bond acceptors (Lipinski definition) is 3. The van der Waals surface area contributed by atoms with Crippen LogP contribution in [0.25, 0.3) is 0 Å². The van der Waals surface area contributed by atoms with E-state index in [0.29, 0.717) is 0 Å². The van der Waals surface area contributed by atoms with E-state index in [9.17, 15) is 0 Å². The van der Waals surface area contributed by atoms with Crippen molar-refractivity contribution in [1.29, 1.82) is 0 Å². The second-order valence-electron chi connectivity index (χ2n) is 2.69. The van der Waals surface area contributed by atoms with Gasteiger partial charge in [0.15, 0.2) is 5.13 Å². The van der Waals surface area contributed by atoms with Gasteiger partial charge < -0.3 is 5.32 Å². The molecule has 0 aliphatic carbocycles. The van der Waals surface area contributed by atoms with Crippen LogP contribution in [0.4, 0.5) is 5.13 Å². The topological polar surface area (TPSA) is 24.9 Å². The maximum absolute atomic E-state index is 5.23. The quantitative estimate of drug-likeness (QED) is 0.706. The van der Waals surface area contributed by atoms with Crippen molar-refractivity contribution in [3.05, 3.63) is 10.6 Å². The van der Waals surface area contributed by atoms with Gasteiger partial charge in [-0.05, 0) is 20.8 Å². The lowest BCUT2D eigenvalue weighted by Crippen LogP contribution is -2.11. The molecule has 0 aliphatic heterocycles. The normalized spacial score (nSPS) is 12.2. The molecule has 0 aliphatic rings. The summed E-state index contributed by atoms with van der Waals surface area (Å²) in [5, 5.41) is 4.04. The van der Waals surface area contributed by atoms with E-state index < -0.39 is 0 Å². The predicted molar refractivity (Wildman–Crippen MR) is 53.5 cm³/mol. The molecule has 0 spiro atoms. The van der Waals surface area contributed by atoms with Crippen molar-refractivity contribution in [3.8, 4) is 12.3 Å². The molecule has 1 N–H and O–H groups in total. The molecule has 0 radical (unpaired) electrons. The summed E-state index contributed by atoms with van der Waals surface area (Å²) in [6.45, 7) is 5.99. The minimum atomic E-state index is 0.0509. The molecule has 12 heavy (non-hydrogen) atoms. The number of aryl methyl sites for hydroxylation is 2. The monoisotopic (exact) mass is 180 g/mol. The number of hydrogen-bond donors (Lipinski definition) is 1. The first kappa shape index (κ1) is 9.08. The van der Waals surface area contributed by atoms with Crippen LogP contribution >= 0.6 is 11.3 Å². The maximum Gasteiger partial charge on any atom is 0.184 e. The molecule has 1 aromatic heterocycles. The SMILES string of the molecule is C#CC(C)Nc1nc(C)c(C)s1. The van der Waals surface area contributed by atoms with Crippen LogP contribution < -0.4 is 5.32 Å². The first-order chi connectivity index (χ1) is 5.63. The van der Waals surface area contributed by atoms with Crippen LogP contribution in [-0.2, 0) is 0 Å². The van der Waals surface area contributed by atoms with Gasteiger partial charge in [0.1, 0.15) is 0 Å². The third-order valence-corrected chi connectivity index (χ3v) is 2.62. The van der Waals surface area contributed by atoms with Gasteiger partial charge in [0, 0.05) is 4.88 Å². The first-order valence-corrected chi connectivity index (χ1v) is 4.62. The van der Waals surface area contributed by atoms with Crippen LogP contribution in [0.2, 0.25) is 0 Å². The molecule has 0 bridgehead atoms. The van der Waals surface area contributed by atoms with E-state index in [1.807, 2.05) is 13.8 Å². The minimum Gasteiger partial charge on any atom is -0.348 e. The van der Waals surface area contributed by atoms with Gasteiger partial charge in [-0.3, -0.25) is 0 Å². The zero-order valence-electron chi connectivity index (χ0n) is 7.51. The van der Waals surface area contributed by atoms with E-state index in [2.05, 4.69) is 23.1 Å². The van der Waals surface area contributed by atoms with E-state index in [4.69, 9.17) is 6.42 Å². The largest absolute Gasteiger partial charge is 0.348 e. The lowest BCUT2D eigenvalue weighted by molar-refractivity contribution is 1.02. The molecule has 1 heterocycles. The van der Waals surface area contributed by atoms with Crippen molar-refractivity contribution in [2.45, 2.75) is 26.8 Å². The lowest BCUT2D eigenvalue weighted by Gasteiger charge is -2.03. The van der Waals surface area contributed by atoms with Gasteiger partial charge in [-0.15, -0.1) is 17.8 Å². The van der Waals surface area contributed by atoms with Crippen molar-refractivity contribution < 1.29 is 0 Å². The second-order valence-corrected chi connectivity index (χ2v) is 3.90. The Labute approximate surface area is 77.0 Å². The molecule has 1 aromatic rings. The van der Waals surface area contributed by atoms with Crippen molar-refractivity contribution >= 4 is 16.5 Å². The molecule has 1 rings (SSSR count). The number of nitrogens with zero attached hydrogens (tertiary/aromatic N) is 1. The Morgan fingerprint density at radius 2 is 2.25 bits per heavy atom. The number of terminal acetylenes is 1. The Balaban J connectivity index is 2.72. The van der Waals surface area contributed by atoms with Gasteiger partial charge in [-0.2, -0.15) is 0 Å². The van der Waals surface area contributed by atoms with Gasteiger partial charge in [0.2, 0.25) is 0 Å². The molecular weight excluding hydrogens is 168 g/mol. The summed E-state index contributed by atoms with van der Waals surface area (Å²) in [5.41, 5.74) is 1.08. The number of anilines is 1. The smallest absolute Gasteiger partial charge is 0.184 e. The van der Waals surface area contributed by atoms with Crippen LogP contribution in [0.5, 0.6) is 0 Å². The van der Waals surface area contributed by atoms with Gasteiger partial charge >= 0.3 is 0 Å². The fourth-order valence-corrected chi connectivity index (χ4v) is 1.66. The van der Waals surface area contributed by atoms with Crippen LogP contribution in [0, 0.1) is 26.2 Å². The molecule has 0 fully saturated rings. The molecule has 0 aromatic carbocycles. The summed E-state index contributed by atoms with van der Waals surface area (Å²) in [7, 11) is 0. The summed E-state index contributed by atoms with van der Waals surface area (Å²) in [6.07, 6.45) is 5.23. The van der Waals surface area contributed by atoms with Crippen molar-refractivity contribution in [2.24, 2.45) is 0 Å². The average Bonchev–Trinajstić information content (AvgIpc) is 2.31. The molecule has 0 saturated heterocycles. The molecule has 0 amide bonds. The third-order valence-electron chi connectivity index (χ3n) is 1.62. The average molecular weight is 180 g/mol. The molecule has 2 nitrogen and oxygen atoms in total. The number of rotatable bonds is 2. The number of aromatic nitrogens is 1. The molecule has 0 saturated carbocycles. The first-order valence-electron chi connectivity index (χ1n) is 3.80. The summed E-state index contributed by atoms with van der Waals surface area (Å²) in [5.74, 6) is 2.60. The Kier molecular flexibility index (Phi) is 2.72. The fourth-order valence-electron chi connectivity index (χ4n) is 0.761. The van der Waals surface area contributed by atoms with E-state index >= 15 is 0 Å². The fraction of sp³-hybridized carbons (Fsp3) is 0.444. The maximum atomic E-state index is 5.23.